The van der Waals surface area contributed by atoms with Crippen molar-refractivity contribution >= 4 is 11.9 Å². The molecular formula is C25H40O4. The molecule has 0 saturated heterocycles. The summed E-state index contributed by atoms with van der Waals surface area (Å²) in [5.41, 5.74) is 0.568. The molecule has 164 valence electrons. The van der Waals surface area contributed by atoms with Crippen LogP contribution in [0.4, 0.5) is 0 Å². The molecule has 4 atom stereocenters. The van der Waals surface area contributed by atoms with Gasteiger partial charge in [-0.2, -0.15) is 0 Å². The zero-order valence-corrected chi connectivity index (χ0v) is 19.1. The Morgan fingerprint density at radius 2 is 1.76 bits per heavy atom. The van der Waals surface area contributed by atoms with Crippen molar-refractivity contribution in [2.45, 2.75) is 104 Å². The second-order valence-corrected chi connectivity index (χ2v) is 10.8. The van der Waals surface area contributed by atoms with Gasteiger partial charge in [0.1, 0.15) is 11.7 Å². The van der Waals surface area contributed by atoms with Gasteiger partial charge in [-0.25, -0.2) is 4.79 Å². The zero-order valence-electron chi connectivity index (χ0n) is 19.1. The van der Waals surface area contributed by atoms with E-state index in [-0.39, 0.29) is 23.6 Å². The Kier molecular flexibility index (Phi) is 6.50. The summed E-state index contributed by atoms with van der Waals surface area (Å²) in [4.78, 5) is 24.9. The van der Waals surface area contributed by atoms with Crippen LogP contribution in [-0.4, -0.2) is 23.6 Å². The predicted molar refractivity (Wildman–Crippen MR) is 114 cm³/mol. The number of ether oxygens (including phenoxy) is 2. The Hall–Kier alpha value is -1.32. The van der Waals surface area contributed by atoms with Gasteiger partial charge < -0.3 is 9.47 Å². The number of hydrogen-bond donors (Lipinski definition) is 0. The molecule has 0 aromatic rings. The van der Waals surface area contributed by atoms with Crippen molar-refractivity contribution in [3.05, 3.63) is 12.2 Å². The minimum Gasteiger partial charge on any atom is -0.459 e. The quantitative estimate of drug-likeness (QED) is 0.358. The maximum Gasteiger partial charge on any atom is 0.333 e. The highest BCUT2D eigenvalue weighted by Crippen LogP contribution is 2.65. The van der Waals surface area contributed by atoms with Gasteiger partial charge in [0, 0.05) is 5.57 Å². The highest BCUT2D eigenvalue weighted by Gasteiger charge is 2.62. The molecule has 0 radical (unpaired) electrons. The molecule has 0 N–H and O–H groups in total. The summed E-state index contributed by atoms with van der Waals surface area (Å²) in [5, 5.41) is 0. The Balaban J connectivity index is 1.68. The fourth-order valence-corrected chi connectivity index (χ4v) is 6.74. The van der Waals surface area contributed by atoms with Crippen LogP contribution >= 0.6 is 0 Å². The number of carbonyl (C=O) groups is 2. The van der Waals surface area contributed by atoms with Crippen LogP contribution < -0.4 is 0 Å². The van der Waals surface area contributed by atoms with Crippen LogP contribution in [0.1, 0.15) is 92.4 Å². The number of unbranched alkanes of at least 4 members (excludes halogenated alkanes) is 1. The normalized spacial score (nSPS) is 37.1. The summed E-state index contributed by atoms with van der Waals surface area (Å²) < 4.78 is 11.9. The van der Waals surface area contributed by atoms with Gasteiger partial charge >= 0.3 is 11.9 Å². The Bertz CT molecular complexity index is 635. The van der Waals surface area contributed by atoms with Crippen molar-refractivity contribution in [1.82, 2.24) is 0 Å². The first-order valence-corrected chi connectivity index (χ1v) is 11.7. The summed E-state index contributed by atoms with van der Waals surface area (Å²) in [7, 11) is 0. The van der Waals surface area contributed by atoms with E-state index >= 15 is 0 Å². The molecule has 0 aromatic carbocycles. The molecule has 0 amide bonds. The topological polar surface area (TPSA) is 52.6 Å². The van der Waals surface area contributed by atoms with Crippen molar-refractivity contribution in [2.75, 3.05) is 0 Å². The first kappa shape index (κ1) is 22.4. The second-order valence-electron chi connectivity index (χ2n) is 10.8. The van der Waals surface area contributed by atoms with Crippen molar-refractivity contribution in [3.63, 3.8) is 0 Å². The van der Waals surface area contributed by atoms with E-state index < -0.39 is 5.97 Å². The molecule has 0 heterocycles. The zero-order chi connectivity index (χ0) is 21.4. The molecule has 4 nitrogen and oxygen atoms in total. The summed E-state index contributed by atoms with van der Waals surface area (Å²) in [6, 6.07) is 0. The molecule has 0 aliphatic heterocycles. The van der Waals surface area contributed by atoms with E-state index in [1.165, 1.54) is 32.1 Å². The maximum atomic E-state index is 13.2. The smallest absolute Gasteiger partial charge is 0.333 e. The molecule has 4 bridgehead atoms. The first-order chi connectivity index (χ1) is 13.6. The van der Waals surface area contributed by atoms with Gasteiger partial charge in [0.2, 0.25) is 0 Å². The third-order valence-corrected chi connectivity index (χ3v) is 7.83. The fraction of sp³-hybridized carbons (Fsp3) is 0.840. The van der Waals surface area contributed by atoms with Gasteiger partial charge in [0.05, 0.1) is 5.92 Å². The highest BCUT2D eigenvalue weighted by molar-refractivity contribution is 5.87. The molecule has 4 fully saturated rings. The van der Waals surface area contributed by atoms with Crippen LogP contribution in [0, 0.1) is 29.1 Å². The third-order valence-electron chi connectivity index (χ3n) is 7.83. The lowest BCUT2D eigenvalue weighted by Gasteiger charge is -2.64. The van der Waals surface area contributed by atoms with E-state index in [2.05, 4.69) is 20.4 Å². The predicted octanol–water partition coefficient (Wildman–Crippen LogP) is 5.84. The Morgan fingerprint density at radius 3 is 2.28 bits per heavy atom. The van der Waals surface area contributed by atoms with Gasteiger partial charge in [-0.3, -0.25) is 4.79 Å². The van der Waals surface area contributed by atoms with Gasteiger partial charge in [0.15, 0.2) is 0 Å². The molecule has 29 heavy (non-hydrogen) atoms. The van der Waals surface area contributed by atoms with Crippen LogP contribution in [0.25, 0.3) is 0 Å². The molecule has 4 aliphatic rings. The lowest BCUT2D eigenvalue weighted by atomic mass is 9.44. The monoisotopic (exact) mass is 404 g/mol. The van der Waals surface area contributed by atoms with Crippen molar-refractivity contribution in [3.8, 4) is 0 Å². The highest BCUT2D eigenvalue weighted by atomic mass is 16.6. The standard InChI is InChI=1S/C25H40O4/c1-7-8-9-25(20-11-19-12-21(25)15-24(6,13-19)14-20)29-23(27)17(4)10-18(5)28-22(26)16(2)3/h17-21H,2,7-15H2,1,3-6H3. The maximum absolute atomic E-state index is 13.2. The van der Waals surface area contributed by atoms with Crippen molar-refractivity contribution in [1.29, 1.82) is 0 Å². The first-order valence-electron chi connectivity index (χ1n) is 11.7. The van der Waals surface area contributed by atoms with E-state index in [1.54, 1.807) is 6.92 Å². The van der Waals surface area contributed by atoms with Gasteiger partial charge in [-0.1, -0.05) is 33.8 Å². The Morgan fingerprint density at radius 1 is 1.14 bits per heavy atom. The van der Waals surface area contributed by atoms with Gasteiger partial charge in [0.25, 0.3) is 0 Å². The van der Waals surface area contributed by atoms with Crippen LogP contribution in [0.5, 0.6) is 0 Å². The summed E-state index contributed by atoms with van der Waals surface area (Å²) in [6.07, 6.45) is 9.62. The molecule has 4 saturated carbocycles. The van der Waals surface area contributed by atoms with E-state index in [0.29, 0.717) is 29.2 Å². The molecular weight excluding hydrogens is 364 g/mol. The fourth-order valence-electron chi connectivity index (χ4n) is 6.74. The molecule has 0 spiro atoms. The summed E-state index contributed by atoms with van der Waals surface area (Å²) >= 11 is 0. The van der Waals surface area contributed by atoms with Crippen LogP contribution in [0.3, 0.4) is 0 Å². The van der Waals surface area contributed by atoms with Gasteiger partial charge in [-0.15, -0.1) is 0 Å². The molecule has 4 rings (SSSR count). The van der Waals surface area contributed by atoms with Crippen LogP contribution in [0.2, 0.25) is 0 Å². The SMILES string of the molecule is C=C(C)C(=O)OC(C)CC(C)C(=O)OC1(CCCC)C2CC3CC1CC(C)(C3)C2. The van der Waals surface area contributed by atoms with Gasteiger partial charge in [-0.05, 0) is 88.4 Å². The molecule has 4 aliphatic carbocycles. The van der Waals surface area contributed by atoms with Crippen molar-refractivity contribution < 1.29 is 19.1 Å². The second kappa shape index (κ2) is 8.43. The van der Waals surface area contributed by atoms with Crippen molar-refractivity contribution in [2.24, 2.45) is 29.1 Å². The largest absolute Gasteiger partial charge is 0.459 e. The Labute approximate surface area is 176 Å². The minimum absolute atomic E-state index is 0.114. The molecule has 4 heteroatoms. The van der Waals surface area contributed by atoms with Crippen LogP contribution in [0.15, 0.2) is 12.2 Å². The average Bonchev–Trinajstić information content (AvgIpc) is 2.61. The number of carbonyl (C=O) groups excluding carboxylic acids is 2. The molecule has 0 aromatic heterocycles. The number of esters is 2. The van der Waals surface area contributed by atoms with E-state index in [9.17, 15) is 9.59 Å². The van der Waals surface area contributed by atoms with E-state index in [0.717, 1.165) is 25.2 Å². The van der Waals surface area contributed by atoms with E-state index in [4.69, 9.17) is 9.47 Å². The lowest BCUT2D eigenvalue weighted by molar-refractivity contribution is -0.229. The van der Waals surface area contributed by atoms with E-state index in [1.807, 2.05) is 13.8 Å². The number of rotatable bonds is 9. The average molecular weight is 405 g/mol. The number of hydrogen-bond acceptors (Lipinski definition) is 4. The lowest BCUT2D eigenvalue weighted by Crippen LogP contribution is -2.62. The minimum atomic E-state index is -0.397. The third kappa shape index (κ3) is 4.56. The molecule has 4 unspecified atom stereocenters. The summed E-state index contributed by atoms with van der Waals surface area (Å²) in [6.45, 7) is 13.7. The summed E-state index contributed by atoms with van der Waals surface area (Å²) in [5.74, 6) is 1.06. The van der Waals surface area contributed by atoms with Crippen LogP contribution in [-0.2, 0) is 19.1 Å².